The van der Waals surface area contributed by atoms with Crippen molar-refractivity contribution in [2.24, 2.45) is 0 Å². The highest BCUT2D eigenvalue weighted by atomic mass is 16.5. The molecule has 0 aliphatic carbocycles. The van der Waals surface area contributed by atoms with Crippen molar-refractivity contribution >= 4 is 0 Å². The summed E-state index contributed by atoms with van der Waals surface area (Å²) in [4.78, 5) is 0. The standard InChI is InChI=1S/C19H24O4/c1-11-7-13(9-15(22-5)17(11)20)19(3,4)14-8-12(2)18(21)16(10-14)23-6/h7-10,20-21H,1-6H3. The van der Waals surface area contributed by atoms with Gasteiger partial charge in [-0.3, -0.25) is 0 Å². The van der Waals surface area contributed by atoms with Crippen molar-refractivity contribution in [3.05, 3.63) is 46.5 Å². The van der Waals surface area contributed by atoms with E-state index in [1.807, 2.05) is 38.1 Å². The Morgan fingerprint density at radius 1 is 0.739 bits per heavy atom. The second kappa shape index (κ2) is 6.03. The molecular weight excluding hydrogens is 292 g/mol. The molecule has 2 aromatic rings. The third-order valence-electron chi connectivity index (χ3n) is 4.41. The van der Waals surface area contributed by atoms with Crippen LogP contribution < -0.4 is 9.47 Å². The van der Waals surface area contributed by atoms with Gasteiger partial charge in [0, 0.05) is 5.41 Å². The van der Waals surface area contributed by atoms with Crippen LogP contribution in [0.2, 0.25) is 0 Å². The van der Waals surface area contributed by atoms with Crippen molar-refractivity contribution in [3.8, 4) is 23.0 Å². The third kappa shape index (κ3) is 2.93. The zero-order chi connectivity index (χ0) is 17.4. The Morgan fingerprint density at radius 3 is 1.39 bits per heavy atom. The number of benzene rings is 2. The fourth-order valence-electron chi connectivity index (χ4n) is 2.69. The van der Waals surface area contributed by atoms with Crippen molar-refractivity contribution in [2.75, 3.05) is 14.2 Å². The molecule has 4 heteroatoms. The van der Waals surface area contributed by atoms with Crippen LogP contribution in [0.15, 0.2) is 24.3 Å². The predicted molar refractivity (Wildman–Crippen MR) is 90.9 cm³/mol. The Kier molecular flexibility index (Phi) is 4.46. The van der Waals surface area contributed by atoms with Crippen molar-refractivity contribution < 1.29 is 19.7 Å². The molecule has 124 valence electrons. The van der Waals surface area contributed by atoms with Crippen molar-refractivity contribution in [1.82, 2.24) is 0 Å². The number of hydrogen-bond acceptors (Lipinski definition) is 4. The topological polar surface area (TPSA) is 58.9 Å². The minimum absolute atomic E-state index is 0.159. The molecule has 2 aromatic carbocycles. The van der Waals surface area contributed by atoms with E-state index >= 15 is 0 Å². The normalized spacial score (nSPS) is 11.4. The van der Waals surface area contributed by atoms with Crippen molar-refractivity contribution in [2.45, 2.75) is 33.1 Å². The van der Waals surface area contributed by atoms with Gasteiger partial charge >= 0.3 is 0 Å². The summed E-state index contributed by atoms with van der Waals surface area (Å²) < 4.78 is 10.5. The molecule has 0 spiro atoms. The predicted octanol–water partition coefficient (Wildman–Crippen LogP) is 4.06. The maximum Gasteiger partial charge on any atom is 0.161 e. The average molecular weight is 316 g/mol. The van der Waals surface area contributed by atoms with Crippen molar-refractivity contribution in [3.63, 3.8) is 0 Å². The van der Waals surface area contributed by atoms with Crippen LogP contribution in [0.5, 0.6) is 23.0 Å². The van der Waals surface area contributed by atoms with Crippen LogP contribution in [0, 0.1) is 13.8 Å². The molecule has 0 aliphatic rings. The summed E-state index contributed by atoms with van der Waals surface area (Å²) in [6.07, 6.45) is 0. The smallest absolute Gasteiger partial charge is 0.161 e. The fourth-order valence-corrected chi connectivity index (χ4v) is 2.69. The lowest BCUT2D eigenvalue weighted by Crippen LogP contribution is -2.19. The van der Waals surface area contributed by atoms with Gasteiger partial charge in [-0.05, 0) is 48.2 Å². The summed E-state index contributed by atoms with van der Waals surface area (Å²) >= 11 is 0. The van der Waals surface area contributed by atoms with E-state index in [4.69, 9.17) is 9.47 Å². The number of rotatable bonds is 4. The Balaban J connectivity index is 2.63. The molecular formula is C19H24O4. The van der Waals surface area contributed by atoms with E-state index in [1.54, 1.807) is 14.2 Å². The lowest BCUT2D eigenvalue weighted by Gasteiger charge is -2.28. The molecule has 0 saturated heterocycles. The molecule has 0 atom stereocenters. The average Bonchev–Trinajstić information content (AvgIpc) is 2.52. The largest absolute Gasteiger partial charge is 0.504 e. The van der Waals surface area contributed by atoms with Gasteiger partial charge in [0.1, 0.15) is 0 Å². The minimum atomic E-state index is -0.350. The van der Waals surface area contributed by atoms with Crippen LogP contribution in [-0.2, 0) is 5.41 Å². The number of phenolic OH excluding ortho intramolecular Hbond substituents is 2. The van der Waals surface area contributed by atoms with E-state index in [0.29, 0.717) is 11.5 Å². The van der Waals surface area contributed by atoms with E-state index in [2.05, 4.69) is 13.8 Å². The van der Waals surface area contributed by atoms with E-state index < -0.39 is 0 Å². The molecule has 4 nitrogen and oxygen atoms in total. The van der Waals surface area contributed by atoms with Gasteiger partial charge in [0.2, 0.25) is 0 Å². The first kappa shape index (κ1) is 17.0. The van der Waals surface area contributed by atoms with Crippen LogP contribution in [0.25, 0.3) is 0 Å². The molecule has 0 radical (unpaired) electrons. The summed E-state index contributed by atoms with van der Waals surface area (Å²) in [5, 5.41) is 20.1. The summed E-state index contributed by atoms with van der Waals surface area (Å²) in [6.45, 7) is 7.87. The fraction of sp³-hybridized carbons (Fsp3) is 0.368. The van der Waals surface area contributed by atoms with Crippen LogP contribution in [0.1, 0.15) is 36.1 Å². The summed E-state index contributed by atoms with van der Waals surface area (Å²) in [7, 11) is 3.08. The van der Waals surface area contributed by atoms with Gasteiger partial charge in [-0.25, -0.2) is 0 Å². The van der Waals surface area contributed by atoms with Gasteiger partial charge in [0.05, 0.1) is 14.2 Å². The number of aryl methyl sites for hydroxylation is 2. The molecule has 0 saturated carbocycles. The maximum absolute atomic E-state index is 10.0. The summed E-state index contributed by atoms with van der Waals surface area (Å²) in [5.41, 5.74) is 3.19. The molecule has 0 bridgehead atoms. The number of phenols is 2. The molecule has 23 heavy (non-hydrogen) atoms. The quantitative estimate of drug-likeness (QED) is 0.893. The SMILES string of the molecule is COc1cc(C(C)(C)c2cc(C)c(O)c(OC)c2)cc(C)c1O. The van der Waals surface area contributed by atoms with Crippen LogP contribution in [0.4, 0.5) is 0 Å². The number of ether oxygens (including phenoxy) is 2. The van der Waals surface area contributed by atoms with Crippen LogP contribution in [0.3, 0.4) is 0 Å². The third-order valence-corrected chi connectivity index (χ3v) is 4.41. The first-order valence-electron chi connectivity index (χ1n) is 7.48. The Morgan fingerprint density at radius 2 is 1.09 bits per heavy atom. The summed E-state index contributed by atoms with van der Waals surface area (Å²) in [5.74, 6) is 1.23. The second-order valence-corrected chi connectivity index (χ2v) is 6.31. The van der Waals surface area contributed by atoms with E-state index in [1.165, 1.54) is 0 Å². The van der Waals surface area contributed by atoms with E-state index in [9.17, 15) is 10.2 Å². The van der Waals surface area contributed by atoms with Gasteiger partial charge < -0.3 is 19.7 Å². The van der Waals surface area contributed by atoms with Crippen LogP contribution >= 0.6 is 0 Å². The van der Waals surface area contributed by atoms with Gasteiger partial charge in [0.15, 0.2) is 23.0 Å². The minimum Gasteiger partial charge on any atom is -0.504 e. The molecule has 0 heterocycles. The Labute approximate surface area is 137 Å². The molecule has 0 aliphatic heterocycles. The highest BCUT2D eigenvalue weighted by Gasteiger charge is 2.27. The van der Waals surface area contributed by atoms with E-state index in [-0.39, 0.29) is 16.9 Å². The molecule has 0 aromatic heterocycles. The molecule has 0 fully saturated rings. The first-order valence-corrected chi connectivity index (χ1v) is 7.48. The van der Waals surface area contributed by atoms with E-state index in [0.717, 1.165) is 22.3 Å². The highest BCUT2D eigenvalue weighted by Crippen LogP contribution is 2.41. The molecule has 2 rings (SSSR count). The zero-order valence-electron chi connectivity index (χ0n) is 14.5. The monoisotopic (exact) mass is 316 g/mol. The molecule has 0 amide bonds. The van der Waals surface area contributed by atoms with Gasteiger partial charge in [-0.1, -0.05) is 26.0 Å². The zero-order valence-corrected chi connectivity index (χ0v) is 14.5. The first-order chi connectivity index (χ1) is 10.7. The molecule has 0 unspecified atom stereocenters. The van der Waals surface area contributed by atoms with Crippen LogP contribution in [-0.4, -0.2) is 24.4 Å². The lowest BCUT2D eigenvalue weighted by atomic mass is 9.77. The second-order valence-electron chi connectivity index (χ2n) is 6.31. The van der Waals surface area contributed by atoms with Gasteiger partial charge in [-0.2, -0.15) is 0 Å². The van der Waals surface area contributed by atoms with Gasteiger partial charge in [-0.15, -0.1) is 0 Å². The molecule has 2 N–H and O–H groups in total. The maximum atomic E-state index is 10.0. The lowest BCUT2D eigenvalue weighted by molar-refractivity contribution is 0.368. The Bertz CT molecular complexity index is 671. The number of hydrogen-bond donors (Lipinski definition) is 2. The van der Waals surface area contributed by atoms with Gasteiger partial charge in [0.25, 0.3) is 0 Å². The number of aromatic hydroxyl groups is 2. The number of methoxy groups -OCH3 is 2. The highest BCUT2D eigenvalue weighted by molar-refractivity contribution is 5.55. The van der Waals surface area contributed by atoms with Crippen molar-refractivity contribution in [1.29, 1.82) is 0 Å². The summed E-state index contributed by atoms with van der Waals surface area (Å²) in [6, 6.07) is 7.59. The Hall–Kier alpha value is -2.36.